The zero-order valence-electron chi connectivity index (χ0n) is 25.3. The second kappa shape index (κ2) is 12.9. The van der Waals surface area contributed by atoms with Crippen LogP contribution in [0.1, 0.15) is 20.3 Å². The van der Waals surface area contributed by atoms with Gasteiger partial charge >= 0.3 is 0 Å². The second-order valence-electron chi connectivity index (χ2n) is 11.9. The van der Waals surface area contributed by atoms with Crippen LogP contribution in [0.5, 0.6) is 5.75 Å². The summed E-state index contributed by atoms with van der Waals surface area (Å²) < 4.78 is 12.1. The van der Waals surface area contributed by atoms with Gasteiger partial charge in [-0.2, -0.15) is 0 Å². The number of fused-ring (bicyclic) bond motifs is 1. The van der Waals surface area contributed by atoms with Gasteiger partial charge in [-0.25, -0.2) is 0 Å². The van der Waals surface area contributed by atoms with Crippen molar-refractivity contribution in [1.82, 2.24) is 4.90 Å². The number of anilines is 2. The number of aliphatic hydroxyl groups is 1. The maximum Gasteiger partial charge on any atom is 0.253 e. The molecule has 3 saturated heterocycles. The van der Waals surface area contributed by atoms with Gasteiger partial charge in [0.05, 0.1) is 37.7 Å². The first kappa shape index (κ1) is 31.9. The number of rotatable bonds is 12. The number of carbonyl (C=O) groups is 3. The Kier molecular flexibility index (Phi) is 9.34. The summed E-state index contributed by atoms with van der Waals surface area (Å²) >= 11 is 3.76. The van der Waals surface area contributed by atoms with Gasteiger partial charge in [0.15, 0.2) is 0 Å². The van der Waals surface area contributed by atoms with E-state index in [0.717, 1.165) is 0 Å². The van der Waals surface area contributed by atoms with Crippen molar-refractivity contribution >= 4 is 45.0 Å². The van der Waals surface area contributed by atoms with E-state index in [0.29, 0.717) is 23.5 Å². The van der Waals surface area contributed by atoms with Crippen LogP contribution >= 0.6 is 15.9 Å². The monoisotopic (exact) mass is 665 g/mol. The first-order chi connectivity index (χ1) is 21.1. The number of halogens is 1. The maximum atomic E-state index is 14.8. The van der Waals surface area contributed by atoms with Crippen molar-refractivity contribution in [2.75, 3.05) is 36.6 Å². The van der Waals surface area contributed by atoms with Crippen molar-refractivity contribution in [2.45, 2.75) is 48.9 Å². The molecule has 2 aromatic rings. The minimum Gasteiger partial charge on any atom is -0.497 e. The summed E-state index contributed by atoms with van der Waals surface area (Å²) in [6.45, 7) is 11.6. The molecule has 3 unspecified atom stereocenters. The molecule has 234 valence electrons. The number of hydrogen-bond donors (Lipinski definition) is 1. The van der Waals surface area contributed by atoms with Crippen molar-refractivity contribution in [1.29, 1.82) is 0 Å². The summed E-state index contributed by atoms with van der Waals surface area (Å²) in [7, 11) is 1.57. The molecule has 0 aromatic heterocycles. The fraction of sp³-hybridized carbons (Fsp3) is 0.441. The number of aliphatic hydroxyl groups excluding tert-OH is 1. The van der Waals surface area contributed by atoms with Gasteiger partial charge in [-0.05, 0) is 48.7 Å². The highest BCUT2D eigenvalue weighted by Crippen LogP contribution is 2.61. The molecule has 3 aliphatic heterocycles. The quantitative estimate of drug-likeness (QED) is 0.270. The molecule has 9 nitrogen and oxygen atoms in total. The lowest BCUT2D eigenvalue weighted by Crippen LogP contribution is -2.60. The highest BCUT2D eigenvalue weighted by molar-refractivity contribution is 9.09. The molecule has 3 fully saturated rings. The number of hydrogen-bond acceptors (Lipinski definition) is 6. The van der Waals surface area contributed by atoms with E-state index < -0.39 is 35.6 Å². The maximum absolute atomic E-state index is 14.8. The van der Waals surface area contributed by atoms with Crippen LogP contribution in [0.15, 0.2) is 79.9 Å². The zero-order chi connectivity index (χ0) is 31.8. The smallest absolute Gasteiger partial charge is 0.253 e. The molecule has 0 aliphatic carbocycles. The number of carbonyl (C=O) groups excluding carboxylic acids is 3. The molecule has 3 amide bonds. The molecule has 10 heteroatoms. The van der Waals surface area contributed by atoms with Crippen molar-refractivity contribution in [3.63, 3.8) is 0 Å². The summed E-state index contributed by atoms with van der Waals surface area (Å²) in [5, 5.41) is 10.6. The number of benzene rings is 2. The molecule has 0 saturated carbocycles. The van der Waals surface area contributed by atoms with Crippen LogP contribution in [0, 0.1) is 17.8 Å². The highest BCUT2D eigenvalue weighted by atomic mass is 79.9. The first-order valence-corrected chi connectivity index (χ1v) is 15.8. The predicted molar refractivity (Wildman–Crippen MR) is 173 cm³/mol. The summed E-state index contributed by atoms with van der Waals surface area (Å²) in [6.07, 6.45) is 3.02. The lowest BCUT2D eigenvalue weighted by Gasteiger charge is -2.40. The largest absolute Gasteiger partial charge is 0.497 e. The Morgan fingerprint density at radius 3 is 2.20 bits per heavy atom. The molecule has 3 aliphatic rings. The van der Waals surface area contributed by atoms with Crippen LogP contribution in [0.3, 0.4) is 0 Å². The van der Waals surface area contributed by atoms with E-state index in [9.17, 15) is 19.5 Å². The molecular weight excluding hydrogens is 626 g/mol. The topological polar surface area (TPSA) is 99.6 Å². The van der Waals surface area contributed by atoms with E-state index in [2.05, 4.69) is 29.1 Å². The van der Waals surface area contributed by atoms with Crippen LogP contribution in [-0.2, 0) is 19.1 Å². The molecule has 1 N–H and O–H groups in total. The molecule has 7 atom stereocenters. The minimum absolute atomic E-state index is 0.170. The molecule has 5 rings (SSSR count). The average Bonchev–Trinajstić information content (AvgIpc) is 3.62. The van der Waals surface area contributed by atoms with Crippen LogP contribution < -0.4 is 14.5 Å². The fourth-order valence-corrected chi connectivity index (χ4v) is 8.15. The number of ether oxygens (including phenoxy) is 2. The molecule has 0 radical (unpaired) electrons. The summed E-state index contributed by atoms with van der Waals surface area (Å²) in [6, 6.07) is 14.6. The van der Waals surface area contributed by atoms with Crippen molar-refractivity contribution < 1.29 is 29.0 Å². The van der Waals surface area contributed by atoms with E-state index >= 15 is 0 Å². The number of alkyl halides is 1. The average molecular weight is 667 g/mol. The van der Waals surface area contributed by atoms with E-state index in [-0.39, 0.29) is 48.2 Å². The van der Waals surface area contributed by atoms with Gasteiger partial charge in [0, 0.05) is 29.3 Å². The van der Waals surface area contributed by atoms with Gasteiger partial charge in [-0.15, -0.1) is 13.2 Å². The van der Waals surface area contributed by atoms with Crippen LogP contribution in [0.2, 0.25) is 0 Å². The Morgan fingerprint density at radius 1 is 1.07 bits per heavy atom. The summed E-state index contributed by atoms with van der Waals surface area (Å²) in [5.41, 5.74) is 0.00474. The number of nitrogens with zero attached hydrogens (tertiary/aromatic N) is 3. The number of amides is 3. The highest BCUT2D eigenvalue weighted by Gasteiger charge is 2.77. The molecular formula is C34H40BrN3O6. The normalized spacial score (nSPS) is 27.6. The second-order valence-corrected chi connectivity index (χ2v) is 13.1. The zero-order valence-corrected chi connectivity index (χ0v) is 26.9. The van der Waals surface area contributed by atoms with Gasteiger partial charge < -0.3 is 29.3 Å². The van der Waals surface area contributed by atoms with Gasteiger partial charge in [0.2, 0.25) is 11.8 Å². The lowest BCUT2D eigenvalue weighted by atomic mass is 9.70. The summed E-state index contributed by atoms with van der Waals surface area (Å²) in [5.74, 6) is -2.26. The third-order valence-corrected chi connectivity index (χ3v) is 10.0. The van der Waals surface area contributed by atoms with E-state index in [1.165, 1.54) is 4.90 Å². The van der Waals surface area contributed by atoms with Crippen LogP contribution in [0.4, 0.5) is 11.4 Å². The Labute approximate surface area is 267 Å². The van der Waals surface area contributed by atoms with Gasteiger partial charge in [0.25, 0.3) is 5.91 Å². The minimum atomic E-state index is -1.28. The van der Waals surface area contributed by atoms with Crippen LogP contribution in [0.25, 0.3) is 0 Å². The van der Waals surface area contributed by atoms with E-state index in [1.54, 1.807) is 53.3 Å². The number of para-hydroxylation sites is 1. The number of likely N-dealkylation sites (tertiary alicyclic amines) is 1. The molecule has 3 heterocycles. The van der Waals surface area contributed by atoms with E-state index in [1.807, 2.05) is 44.2 Å². The lowest BCUT2D eigenvalue weighted by molar-refractivity contribution is -0.145. The van der Waals surface area contributed by atoms with Gasteiger partial charge in [0.1, 0.15) is 17.4 Å². The van der Waals surface area contributed by atoms with Gasteiger partial charge in [-0.3, -0.25) is 14.4 Å². The fourth-order valence-electron chi connectivity index (χ4n) is 7.21. The Bertz CT molecular complexity index is 1400. The Hall–Kier alpha value is -3.47. The SMILES string of the molecule is C=CCN(C(=O)C1N([C@@H](CO)C(C)C)C(=O)[C@@H]2[C@H](C(=O)N(CC=C)c3ccccc3)[C@H]3OC12CC3Br)c1ccc(OC)cc1. The third kappa shape index (κ3) is 5.16. The van der Waals surface area contributed by atoms with E-state index in [4.69, 9.17) is 9.47 Å². The Balaban J connectivity index is 1.62. The molecule has 1 spiro atoms. The standard InChI is InChI=1S/C34H40BrN3O6/c1-6-17-36(22-11-9-8-10-12-22)31(40)27-28-32(41)38(26(20-39)21(3)4)30(34(28)19-25(35)29(27)44-34)33(42)37(18-7-2)23-13-15-24(43-5)16-14-23/h6-16,21,25-30,39H,1-2,17-20H2,3-5H3/t25?,26-,27-,28-,29-,30?,34?/m0/s1. The molecule has 2 aromatic carbocycles. The molecule has 2 bridgehead atoms. The Morgan fingerprint density at radius 2 is 1.66 bits per heavy atom. The summed E-state index contributed by atoms with van der Waals surface area (Å²) in [4.78, 5) is 48.4. The predicted octanol–water partition coefficient (Wildman–Crippen LogP) is 4.20. The third-order valence-electron chi connectivity index (χ3n) is 9.17. The number of methoxy groups -OCH3 is 1. The van der Waals surface area contributed by atoms with Crippen molar-refractivity contribution in [3.05, 3.63) is 79.9 Å². The van der Waals surface area contributed by atoms with Crippen LogP contribution in [-0.4, -0.2) is 83.2 Å². The van der Waals surface area contributed by atoms with Crippen molar-refractivity contribution in [2.24, 2.45) is 17.8 Å². The van der Waals surface area contributed by atoms with Crippen molar-refractivity contribution in [3.8, 4) is 5.75 Å². The van der Waals surface area contributed by atoms with Gasteiger partial charge in [-0.1, -0.05) is 60.1 Å². The molecule has 44 heavy (non-hydrogen) atoms. The first-order valence-electron chi connectivity index (χ1n) is 14.9.